The zero-order valence-corrected chi connectivity index (χ0v) is 17.6. The second kappa shape index (κ2) is 7.34. The molecule has 2 aliphatic carbocycles. The fourth-order valence-corrected chi connectivity index (χ4v) is 5.77. The zero-order valence-electron chi connectivity index (χ0n) is 17.6. The van der Waals surface area contributed by atoms with Crippen LogP contribution in [0, 0.1) is 11.8 Å². The van der Waals surface area contributed by atoms with Gasteiger partial charge < -0.3 is 15.2 Å². The van der Waals surface area contributed by atoms with E-state index in [1.165, 1.54) is 30.8 Å². The maximum Gasteiger partial charge on any atom is 0.573 e. The Hall–Kier alpha value is -2.33. The number of anilines is 1. The van der Waals surface area contributed by atoms with Crippen LogP contribution in [-0.2, 0) is 4.74 Å². The van der Waals surface area contributed by atoms with Gasteiger partial charge in [-0.2, -0.15) is 5.10 Å². The van der Waals surface area contributed by atoms with Crippen molar-refractivity contribution in [2.75, 3.05) is 32.0 Å². The first-order valence-corrected chi connectivity index (χ1v) is 11.3. The molecule has 6 rings (SSSR count). The average Bonchev–Trinajstić information content (AvgIpc) is 3.17. The van der Waals surface area contributed by atoms with E-state index in [4.69, 9.17) is 15.6 Å². The van der Waals surface area contributed by atoms with Crippen LogP contribution in [0.4, 0.5) is 19.0 Å². The number of piperidine rings is 1. The van der Waals surface area contributed by atoms with E-state index in [2.05, 4.69) is 19.3 Å². The standard InChI is InChI=1S/C22H26F3N5O2/c23-22(24,25)32-19-5-12(7-27-21(19)26)17-6-18(30(28-17)13-3-1-2-4-13)20-15-8-29(9-16(15)20)14-10-31-11-14/h5-7,13-16,20H,1-4,8-11H2,(H2,26,27)/t15-,16+,20+. The molecule has 4 aliphatic rings. The molecular weight excluding hydrogens is 423 g/mol. The van der Waals surface area contributed by atoms with E-state index in [-0.39, 0.29) is 5.82 Å². The molecule has 2 aliphatic heterocycles. The summed E-state index contributed by atoms with van der Waals surface area (Å²) in [6.07, 6.45) is 1.17. The lowest BCUT2D eigenvalue weighted by Gasteiger charge is -2.35. The van der Waals surface area contributed by atoms with Gasteiger partial charge >= 0.3 is 6.36 Å². The highest BCUT2D eigenvalue weighted by Crippen LogP contribution is 2.59. The molecule has 4 fully saturated rings. The number of nitrogens with zero attached hydrogens (tertiary/aromatic N) is 4. The Balaban J connectivity index is 1.29. The normalized spacial score (nSPS) is 28.7. The van der Waals surface area contributed by atoms with Gasteiger partial charge in [0, 0.05) is 36.5 Å². The largest absolute Gasteiger partial charge is 0.573 e. The van der Waals surface area contributed by atoms with Gasteiger partial charge in [0.2, 0.25) is 0 Å². The SMILES string of the molecule is Nc1ncc(-c2cc([C@H]3[C@@H]4CN(C5COC5)C[C@@H]43)n(C3CCCC3)n2)cc1OC(F)(F)F. The summed E-state index contributed by atoms with van der Waals surface area (Å²) in [5, 5.41) is 4.87. The number of alkyl halides is 3. The van der Waals surface area contributed by atoms with Crippen LogP contribution < -0.4 is 10.5 Å². The van der Waals surface area contributed by atoms with Crippen LogP contribution in [0.3, 0.4) is 0 Å². The molecule has 2 saturated carbocycles. The summed E-state index contributed by atoms with van der Waals surface area (Å²) in [4.78, 5) is 6.46. The van der Waals surface area contributed by atoms with E-state index in [0.717, 1.165) is 39.1 Å². The van der Waals surface area contributed by atoms with Gasteiger partial charge in [-0.05, 0) is 36.8 Å². The predicted octanol–water partition coefficient (Wildman–Crippen LogP) is 3.59. The molecular formula is C22H26F3N5O2. The number of pyridine rings is 1. The molecule has 0 aromatic carbocycles. The number of rotatable bonds is 5. The van der Waals surface area contributed by atoms with Gasteiger partial charge in [-0.1, -0.05) is 12.8 Å². The van der Waals surface area contributed by atoms with Crippen molar-refractivity contribution in [2.45, 2.75) is 50.0 Å². The van der Waals surface area contributed by atoms with E-state index >= 15 is 0 Å². The minimum absolute atomic E-state index is 0.293. The number of hydrogen-bond donors (Lipinski definition) is 1. The van der Waals surface area contributed by atoms with Crippen molar-refractivity contribution in [1.82, 2.24) is 19.7 Å². The van der Waals surface area contributed by atoms with Gasteiger partial charge in [0.25, 0.3) is 0 Å². The maximum atomic E-state index is 12.8. The summed E-state index contributed by atoms with van der Waals surface area (Å²) in [6.45, 7) is 3.84. The third-order valence-electron chi connectivity index (χ3n) is 7.54. The number of halogens is 3. The molecule has 0 spiro atoms. The maximum absolute atomic E-state index is 12.8. The molecule has 172 valence electrons. The Bertz CT molecular complexity index is 1000. The number of aromatic nitrogens is 3. The molecule has 2 N–H and O–H groups in total. The molecule has 0 radical (unpaired) electrons. The second-order valence-electron chi connectivity index (χ2n) is 9.49. The molecule has 0 amide bonds. The highest BCUT2D eigenvalue weighted by atomic mass is 19.4. The van der Waals surface area contributed by atoms with Crippen LogP contribution in [0.15, 0.2) is 18.3 Å². The van der Waals surface area contributed by atoms with Crippen molar-refractivity contribution in [2.24, 2.45) is 11.8 Å². The molecule has 3 atom stereocenters. The van der Waals surface area contributed by atoms with E-state index in [9.17, 15) is 13.2 Å². The minimum atomic E-state index is -4.83. The van der Waals surface area contributed by atoms with Crippen LogP contribution >= 0.6 is 0 Å². The van der Waals surface area contributed by atoms with Crippen LogP contribution in [-0.4, -0.2) is 58.4 Å². The lowest BCUT2D eigenvalue weighted by atomic mass is 10.1. The summed E-state index contributed by atoms with van der Waals surface area (Å²) < 4.78 is 49.8. The van der Waals surface area contributed by atoms with Gasteiger partial charge in [0.1, 0.15) is 0 Å². The first-order valence-electron chi connectivity index (χ1n) is 11.3. The fourth-order valence-electron chi connectivity index (χ4n) is 5.77. The van der Waals surface area contributed by atoms with Crippen molar-refractivity contribution < 1.29 is 22.6 Å². The Morgan fingerprint density at radius 2 is 1.78 bits per heavy atom. The highest BCUT2D eigenvalue weighted by molar-refractivity contribution is 5.64. The van der Waals surface area contributed by atoms with Gasteiger partial charge in [-0.15, -0.1) is 13.2 Å². The molecule has 32 heavy (non-hydrogen) atoms. The summed E-state index contributed by atoms with van der Waals surface area (Å²) in [7, 11) is 0. The highest BCUT2D eigenvalue weighted by Gasteiger charge is 2.59. The van der Waals surface area contributed by atoms with Crippen molar-refractivity contribution >= 4 is 5.82 Å². The van der Waals surface area contributed by atoms with Crippen LogP contribution in [0.1, 0.15) is 43.3 Å². The number of hydrogen-bond acceptors (Lipinski definition) is 6. The molecule has 7 nitrogen and oxygen atoms in total. The average molecular weight is 449 g/mol. The van der Waals surface area contributed by atoms with E-state index < -0.39 is 12.1 Å². The number of nitrogens with two attached hydrogens (primary N) is 1. The smallest absolute Gasteiger partial charge is 0.402 e. The summed E-state index contributed by atoms with van der Waals surface area (Å²) >= 11 is 0. The second-order valence-corrected chi connectivity index (χ2v) is 9.49. The number of likely N-dealkylation sites (tertiary alicyclic amines) is 1. The van der Waals surface area contributed by atoms with E-state index in [0.29, 0.717) is 41.1 Å². The molecule has 2 aromatic rings. The summed E-state index contributed by atoms with van der Waals surface area (Å²) in [5.41, 5.74) is 7.93. The molecule has 0 unspecified atom stereocenters. The van der Waals surface area contributed by atoms with Gasteiger partial charge in [-0.25, -0.2) is 4.98 Å². The molecule has 0 bridgehead atoms. The monoisotopic (exact) mass is 449 g/mol. The summed E-state index contributed by atoms with van der Waals surface area (Å²) in [5.74, 6) is 0.914. The topological polar surface area (TPSA) is 78.4 Å². The third kappa shape index (κ3) is 3.53. The van der Waals surface area contributed by atoms with Gasteiger partial charge in [-0.3, -0.25) is 9.58 Å². The Morgan fingerprint density at radius 1 is 1.06 bits per heavy atom. The lowest BCUT2D eigenvalue weighted by molar-refractivity contribution is -0.274. The van der Waals surface area contributed by atoms with Crippen LogP contribution in [0.5, 0.6) is 5.75 Å². The molecule has 2 saturated heterocycles. The third-order valence-corrected chi connectivity index (χ3v) is 7.54. The van der Waals surface area contributed by atoms with Gasteiger partial charge in [0.05, 0.1) is 31.0 Å². The number of fused-ring (bicyclic) bond motifs is 1. The van der Waals surface area contributed by atoms with Crippen molar-refractivity contribution in [3.8, 4) is 17.0 Å². The van der Waals surface area contributed by atoms with Gasteiger partial charge in [0.15, 0.2) is 11.6 Å². The van der Waals surface area contributed by atoms with Crippen molar-refractivity contribution in [1.29, 1.82) is 0 Å². The minimum Gasteiger partial charge on any atom is -0.402 e. The van der Waals surface area contributed by atoms with Crippen LogP contribution in [0.25, 0.3) is 11.3 Å². The fraction of sp³-hybridized carbons (Fsp3) is 0.636. The van der Waals surface area contributed by atoms with Crippen LogP contribution in [0.2, 0.25) is 0 Å². The summed E-state index contributed by atoms with van der Waals surface area (Å²) in [6, 6.07) is 4.24. The Kier molecular flexibility index (Phi) is 4.66. The lowest BCUT2D eigenvalue weighted by Crippen LogP contribution is -2.48. The Labute approximate surface area is 183 Å². The Morgan fingerprint density at radius 3 is 2.41 bits per heavy atom. The quantitative estimate of drug-likeness (QED) is 0.752. The number of nitrogen functional groups attached to an aromatic ring is 1. The zero-order chi connectivity index (χ0) is 22.0. The predicted molar refractivity (Wildman–Crippen MR) is 110 cm³/mol. The van der Waals surface area contributed by atoms with E-state index in [1.54, 1.807) is 0 Å². The first kappa shape index (κ1) is 20.3. The molecule has 2 aromatic heterocycles. The van der Waals surface area contributed by atoms with E-state index in [1.807, 2.05) is 6.07 Å². The van der Waals surface area contributed by atoms with Crippen molar-refractivity contribution in [3.05, 3.63) is 24.0 Å². The number of ether oxygens (including phenoxy) is 2. The van der Waals surface area contributed by atoms with Crippen molar-refractivity contribution in [3.63, 3.8) is 0 Å². The molecule has 10 heteroatoms. The molecule has 4 heterocycles. The first-order chi connectivity index (χ1) is 15.4.